The Morgan fingerprint density at radius 1 is 1.15 bits per heavy atom. The molecule has 2 nitrogen and oxygen atoms in total. The Kier molecular flexibility index (Phi) is 3.57. The van der Waals surface area contributed by atoms with Gasteiger partial charge in [0.1, 0.15) is 0 Å². The molecule has 0 amide bonds. The highest BCUT2D eigenvalue weighted by molar-refractivity contribution is 6.30. The maximum absolute atomic E-state index is 6.05. The van der Waals surface area contributed by atoms with Gasteiger partial charge in [0.25, 0.3) is 0 Å². The van der Waals surface area contributed by atoms with Crippen molar-refractivity contribution in [1.82, 2.24) is 4.98 Å². The first-order chi connectivity index (χ1) is 9.74. The van der Waals surface area contributed by atoms with Crippen molar-refractivity contribution in [3.63, 3.8) is 0 Å². The zero-order valence-electron chi connectivity index (χ0n) is 11.2. The Balaban J connectivity index is 1.89. The highest BCUT2D eigenvalue weighted by Gasteiger charge is 2.03. The highest BCUT2D eigenvalue weighted by atomic mass is 35.5. The lowest BCUT2D eigenvalue weighted by atomic mass is 10.1. The van der Waals surface area contributed by atoms with E-state index in [0.717, 1.165) is 22.6 Å². The molecule has 0 saturated carbocycles. The molecule has 2 aromatic carbocycles. The summed E-state index contributed by atoms with van der Waals surface area (Å²) >= 11 is 6.05. The lowest BCUT2D eigenvalue weighted by Gasteiger charge is -2.11. The number of fused-ring (bicyclic) bond motifs is 1. The van der Waals surface area contributed by atoms with Crippen molar-refractivity contribution < 1.29 is 0 Å². The fourth-order valence-corrected chi connectivity index (χ4v) is 2.49. The number of aromatic nitrogens is 1. The molecular weight excluding hydrogens is 268 g/mol. The van der Waals surface area contributed by atoms with E-state index >= 15 is 0 Å². The van der Waals surface area contributed by atoms with Crippen molar-refractivity contribution in [2.45, 2.75) is 13.5 Å². The van der Waals surface area contributed by atoms with Crippen LogP contribution in [0.4, 0.5) is 5.69 Å². The van der Waals surface area contributed by atoms with Crippen molar-refractivity contribution >= 4 is 28.1 Å². The molecular formula is C17H15ClN2. The minimum atomic E-state index is 0.750. The Hall–Kier alpha value is -2.06. The molecule has 0 bridgehead atoms. The summed E-state index contributed by atoms with van der Waals surface area (Å²) in [7, 11) is 0. The Labute approximate surface area is 123 Å². The van der Waals surface area contributed by atoms with Gasteiger partial charge >= 0.3 is 0 Å². The van der Waals surface area contributed by atoms with E-state index in [2.05, 4.69) is 41.5 Å². The first kappa shape index (κ1) is 12.9. The normalized spacial score (nSPS) is 10.7. The van der Waals surface area contributed by atoms with Crippen LogP contribution >= 0.6 is 11.6 Å². The summed E-state index contributed by atoms with van der Waals surface area (Å²) in [5, 5.41) is 6.60. The maximum Gasteiger partial charge on any atom is 0.0426 e. The van der Waals surface area contributed by atoms with Gasteiger partial charge in [-0.25, -0.2) is 0 Å². The molecule has 1 aromatic heterocycles. The molecule has 0 radical (unpaired) electrons. The van der Waals surface area contributed by atoms with Crippen LogP contribution in [0.15, 0.2) is 54.9 Å². The van der Waals surface area contributed by atoms with Crippen molar-refractivity contribution in [3.8, 4) is 0 Å². The second kappa shape index (κ2) is 5.51. The van der Waals surface area contributed by atoms with E-state index in [1.165, 1.54) is 16.5 Å². The molecule has 1 heterocycles. The largest absolute Gasteiger partial charge is 0.381 e. The van der Waals surface area contributed by atoms with Crippen molar-refractivity contribution in [3.05, 3.63) is 71.0 Å². The number of hydrogen-bond donors (Lipinski definition) is 1. The molecule has 0 aliphatic rings. The minimum absolute atomic E-state index is 0.750. The van der Waals surface area contributed by atoms with E-state index in [4.69, 9.17) is 11.6 Å². The molecule has 3 aromatic rings. The number of halogens is 1. The quantitative estimate of drug-likeness (QED) is 0.746. The lowest BCUT2D eigenvalue weighted by Crippen LogP contribution is -2.01. The van der Waals surface area contributed by atoms with Crippen LogP contribution in [0.25, 0.3) is 10.8 Å². The molecule has 0 saturated heterocycles. The molecule has 0 spiro atoms. The second-order valence-electron chi connectivity index (χ2n) is 4.83. The van der Waals surface area contributed by atoms with Crippen LogP contribution < -0.4 is 5.32 Å². The van der Waals surface area contributed by atoms with Crippen molar-refractivity contribution in [2.75, 3.05) is 5.32 Å². The zero-order chi connectivity index (χ0) is 13.9. The van der Waals surface area contributed by atoms with Gasteiger partial charge in [0, 0.05) is 35.0 Å². The zero-order valence-corrected chi connectivity index (χ0v) is 12.0. The summed E-state index contributed by atoms with van der Waals surface area (Å²) in [5.41, 5.74) is 3.52. The predicted octanol–water partition coefficient (Wildman–Crippen LogP) is 4.81. The van der Waals surface area contributed by atoms with E-state index in [1.807, 2.05) is 30.6 Å². The number of pyridine rings is 1. The van der Waals surface area contributed by atoms with E-state index in [1.54, 1.807) is 0 Å². The van der Waals surface area contributed by atoms with Crippen molar-refractivity contribution in [1.29, 1.82) is 0 Å². The lowest BCUT2D eigenvalue weighted by molar-refractivity contribution is 1.15. The Morgan fingerprint density at radius 2 is 2.05 bits per heavy atom. The summed E-state index contributed by atoms with van der Waals surface area (Å²) < 4.78 is 0. The number of anilines is 1. The predicted molar refractivity (Wildman–Crippen MR) is 85.3 cm³/mol. The molecule has 1 N–H and O–H groups in total. The summed E-state index contributed by atoms with van der Waals surface area (Å²) in [5.74, 6) is 0. The van der Waals surface area contributed by atoms with E-state index in [9.17, 15) is 0 Å². The van der Waals surface area contributed by atoms with Crippen LogP contribution in [0.1, 0.15) is 11.1 Å². The molecule has 3 heteroatoms. The second-order valence-corrected chi connectivity index (χ2v) is 5.26. The van der Waals surface area contributed by atoms with Crippen LogP contribution in [-0.2, 0) is 6.54 Å². The molecule has 0 aliphatic heterocycles. The van der Waals surface area contributed by atoms with Crippen LogP contribution in [0, 0.1) is 6.92 Å². The van der Waals surface area contributed by atoms with Gasteiger partial charge in [-0.2, -0.15) is 0 Å². The number of rotatable bonds is 3. The number of benzene rings is 2. The van der Waals surface area contributed by atoms with Gasteiger partial charge in [-0.1, -0.05) is 35.9 Å². The first-order valence-corrected chi connectivity index (χ1v) is 6.93. The van der Waals surface area contributed by atoms with Crippen LogP contribution in [0.2, 0.25) is 5.02 Å². The summed E-state index contributed by atoms with van der Waals surface area (Å²) in [6, 6.07) is 14.2. The van der Waals surface area contributed by atoms with E-state index in [-0.39, 0.29) is 0 Å². The van der Waals surface area contributed by atoms with Crippen LogP contribution in [-0.4, -0.2) is 4.98 Å². The minimum Gasteiger partial charge on any atom is -0.381 e. The Morgan fingerprint density at radius 3 is 2.95 bits per heavy atom. The van der Waals surface area contributed by atoms with Crippen molar-refractivity contribution in [2.24, 2.45) is 0 Å². The van der Waals surface area contributed by atoms with Crippen LogP contribution in [0.3, 0.4) is 0 Å². The molecule has 0 fully saturated rings. The third kappa shape index (κ3) is 2.61. The number of aryl methyl sites for hydroxylation is 1. The number of hydrogen-bond acceptors (Lipinski definition) is 2. The first-order valence-electron chi connectivity index (χ1n) is 6.56. The van der Waals surface area contributed by atoms with E-state index < -0.39 is 0 Å². The third-order valence-corrected chi connectivity index (χ3v) is 3.68. The number of nitrogens with one attached hydrogen (secondary N) is 1. The average Bonchev–Trinajstić information content (AvgIpc) is 2.48. The third-order valence-electron chi connectivity index (χ3n) is 3.44. The summed E-state index contributed by atoms with van der Waals surface area (Å²) in [4.78, 5) is 4.16. The average molecular weight is 283 g/mol. The summed E-state index contributed by atoms with van der Waals surface area (Å²) in [6.07, 6.45) is 3.72. The molecule has 20 heavy (non-hydrogen) atoms. The van der Waals surface area contributed by atoms with Gasteiger partial charge in [-0.3, -0.25) is 4.98 Å². The maximum atomic E-state index is 6.05. The van der Waals surface area contributed by atoms with Crippen LogP contribution in [0.5, 0.6) is 0 Å². The fourth-order valence-electron chi connectivity index (χ4n) is 2.32. The van der Waals surface area contributed by atoms with Gasteiger partial charge in [-0.05, 0) is 41.6 Å². The summed E-state index contributed by atoms with van der Waals surface area (Å²) in [6.45, 7) is 2.84. The molecule has 100 valence electrons. The van der Waals surface area contributed by atoms with E-state index in [0.29, 0.717) is 0 Å². The van der Waals surface area contributed by atoms with Gasteiger partial charge < -0.3 is 5.32 Å². The smallest absolute Gasteiger partial charge is 0.0426 e. The van der Waals surface area contributed by atoms with Gasteiger partial charge in [-0.15, -0.1) is 0 Å². The topological polar surface area (TPSA) is 24.9 Å². The fraction of sp³-hybridized carbons (Fsp3) is 0.118. The molecule has 0 unspecified atom stereocenters. The molecule has 0 aliphatic carbocycles. The molecule has 0 atom stereocenters. The van der Waals surface area contributed by atoms with Gasteiger partial charge in [0.05, 0.1) is 0 Å². The number of nitrogens with zero attached hydrogens (tertiary/aromatic N) is 1. The van der Waals surface area contributed by atoms with Gasteiger partial charge in [0.15, 0.2) is 0 Å². The SMILES string of the molecule is Cc1ccc(Cl)cc1NCc1cccc2cnccc12. The van der Waals surface area contributed by atoms with Gasteiger partial charge in [0.2, 0.25) is 0 Å². The standard InChI is InChI=1S/C17H15ClN2/c1-12-5-6-15(18)9-17(12)20-11-14-4-2-3-13-10-19-8-7-16(13)14/h2-10,20H,11H2,1H3. The monoisotopic (exact) mass is 282 g/mol. The Bertz CT molecular complexity index is 748. The highest BCUT2D eigenvalue weighted by Crippen LogP contribution is 2.23. The molecule has 3 rings (SSSR count).